The number of hydrogen-bond donors (Lipinski definition) is 1. The van der Waals surface area contributed by atoms with E-state index in [1.54, 1.807) is 0 Å². The van der Waals surface area contributed by atoms with Gasteiger partial charge in [0.25, 0.3) is 0 Å². The molecular formula is C24H31ClN2. The summed E-state index contributed by atoms with van der Waals surface area (Å²) in [6.45, 7) is 10.0. The molecule has 144 valence electrons. The van der Waals surface area contributed by atoms with Crippen molar-refractivity contribution in [1.82, 2.24) is 9.88 Å². The zero-order valence-corrected chi connectivity index (χ0v) is 17.5. The number of halogens is 1. The molecule has 0 unspecified atom stereocenters. The maximum atomic E-state index is 3.49. The van der Waals surface area contributed by atoms with Crippen molar-refractivity contribution < 1.29 is 0 Å². The largest absolute Gasteiger partial charge is 0.343 e. The summed E-state index contributed by atoms with van der Waals surface area (Å²) in [5, 5.41) is 4.93. The van der Waals surface area contributed by atoms with Crippen LogP contribution >= 0.6 is 12.4 Å². The van der Waals surface area contributed by atoms with E-state index in [0.717, 1.165) is 19.6 Å². The van der Waals surface area contributed by atoms with Crippen molar-refractivity contribution in [2.24, 2.45) is 0 Å². The molecule has 0 saturated carbocycles. The van der Waals surface area contributed by atoms with E-state index in [2.05, 4.69) is 85.4 Å². The van der Waals surface area contributed by atoms with Crippen LogP contribution in [0.25, 0.3) is 10.9 Å². The molecule has 2 nitrogen and oxygen atoms in total. The number of hydrogen-bond acceptors (Lipinski definition) is 1. The van der Waals surface area contributed by atoms with Crippen LogP contribution in [0.1, 0.15) is 56.2 Å². The second kappa shape index (κ2) is 8.08. The number of fused-ring (bicyclic) bond motifs is 1. The average Bonchev–Trinajstić information content (AvgIpc) is 3.01. The average molecular weight is 383 g/mol. The van der Waals surface area contributed by atoms with Crippen LogP contribution in [0.15, 0.2) is 54.7 Å². The Balaban J connectivity index is 0.00000210. The predicted octanol–water partition coefficient (Wildman–Crippen LogP) is 5.88. The van der Waals surface area contributed by atoms with Crippen molar-refractivity contribution in [2.75, 3.05) is 13.1 Å². The molecule has 1 saturated heterocycles. The molecule has 1 N–H and O–H groups in total. The minimum Gasteiger partial charge on any atom is -0.343 e. The summed E-state index contributed by atoms with van der Waals surface area (Å²) in [6.07, 6.45) is 4.90. The van der Waals surface area contributed by atoms with Gasteiger partial charge in [-0.1, -0.05) is 63.2 Å². The third kappa shape index (κ3) is 4.23. The topological polar surface area (TPSA) is 17.0 Å². The number of benzene rings is 2. The summed E-state index contributed by atoms with van der Waals surface area (Å²) in [7, 11) is 0. The van der Waals surface area contributed by atoms with Crippen molar-refractivity contribution >= 4 is 23.3 Å². The fourth-order valence-corrected chi connectivity index (χ4v) is 4.17. The number of para-hydroxylation sites is 1. The lowest BCUT2D eigenvalue weighted by Crippen LogP contribution is -2.26. The van der Waals surface area contributed by atoms with E-state index in [4.69, 9.17) is 0 Å². The highest BCUT2D eigenvalue weighted by Crippen LogP contribution is 2.33. The van der Waals surface area contributed by atoms with Crippen LogP contribution in [-0.4, -0.2) is 17.7 Å². The van der Waals surface area contributed by atoms with Crippen LogP contribution < -0.4 is 5.32 Å². The lowest BCUT2D eigenvalue weighted by molar-refractivity contribution is 0.461. The Bertz CT molecular complexity index is 881. The molecule has 0 amide bonds. The summed E-state index contributed by atoms with van der Waals surface area (Å²) in [5.41, 5.74) is 5.87. The van der Waals surface area contributed by atoms with Gasteiger partial charge in [-0.2, -0.15) is 0 Å². The van der Waals surface area contributed by atoms with Crippen LogP contribution in [-0.2, 0) is 12.0 Å². The van der Waals surface area contributed by atoms with Crippen LogP contribution in [0.2, 0.25) is 0 Å². The number of rotatable bonds is 3. The molecule has 0 radical (unpaired) electrons. The molecule has 4 rings (SSSR count). The number of piperidine rings is 1. The molecule has 3 heteroatoms. The molecule has 1 fully saturated rings. The third-order valence-corrected chi connectivity index (χ3v) is 5.77. The van der Waals surface area contributed by atoms with Gasteiger partial charge >= 0.3 is 0 Å². The summed E-state index contributed by atoms with van der Waals surface area (Å²) in [5.74, 6) is 0.686. The summed E-state index contributed by atoms with van der Waals surface area (Å²) >= 11 is 0. The Hall–Kier alpha value is -1.77. The molecular weight excluding hydrogens is 352 g/mol. The van der Waals surface area contributed by atoms with Crippen molar-refractivity contribution in [2.45, 2.75) is 51.5 Å². The van der Waals surface area contributed by atoms with Crippen LogP contribution in [0.4, 0.5) is 0 Å². The molecule has 3 aromatic rings. The monoisotopic (exact) mass is 382 g/mol. The normalized spacial score (nSPS) is 15.7. The zero-order valence-electron chi connectivity index (χ0n) is 16.7. The van der Waals surface area contributed by atoms with E-state index in [-0.39, 0.29) is 17.8 Å². The van der Waals surface area contributed by atoms with Gasteiger partial charge in [-0.25, -0.2) is 0 Å². The first-order valence-electron chi connectivity index (χ1n) is 9.90. The summed E-state index contributed by atoms with van der Waals surface area (Å²) in [4.78, 5) is 0. The third-order valence-electron chi connectivity index (χ3n) is 5.77. The van der Waals surface area contributed by atoms with Gasteiger partial charge in [-0.3, -0.25) is 0 Å². The molecule has 0 spiro atoms. The highest BCUT2D eigenvalue weighted by molar-refractivity contribution is 5.85. The highest BCUT2D eigenvalue weighted by Gasteiger charge is 2.20. The highest BCUT2D eigenvalue weighted by atomic mass is 35.5. The zero-order chi connectivity index (χ0) is 18.1. The van der Waals surface area contributed by atoms with Gasteiger partial charge in [0, 0.05) is 23.6 Å². The molecule has 1 aliphatic rings. The number of aromatic nitrogens is 1. The molecule has 0 atom stereocenters. The van der Waals surface area contributed by atoms with E-state index in [9.17, 15) is 0 Å². The summed E-state index contributed by atoms with van der Waals surface area (Å²) in [6, 6.07) is 18.1. The molecule has 0 aliphatic carbocycles. The van der Waals surface area contributed by atoms with Gasteiger partial charge in [-0.15, -0.1) is 12.4 Å². The SMILES string of the molecule is CC(C)(C)c1ccc(Cn2cc(C3CCNCC3)c3ccccc32)cc1.Cl. The van der Waals surface area contributed by atoms with E-state index >= 15 is 0 Å². The van der Waals surface area contributed by atoms with Crippen LogP contribution in [0.3, 0.4) is 0 Å². The summed E-state index contributed by atoms with van der Waals surface area (Å²) < 4.78 is 2.44. The molecule has 2 aromatic carbocycles. The van der Waals surface area contributed by atoms with Crippen LogP contribution in [0, 0.1) is 0 Å². The first-order chi connectivity index (χ1) is 12.5. The lowest BCUT2D eigenvalue weighted by Gasteiger charge is -2.22. The Labute approximate surface area is 169 Å². The van der Waals surface area contributed by atoms with E-state index in [1.807, 2.05) is 0 Å². The number of nitrogens with zero attached hydrogens (tertiary/aromatic N) is 1. The molecule has 27 heavy (non-hydrogen) atoms. The maximum Gasteiger partial charge on any atom is 0.0486 e. The first kappa shape index (κ1) is 20.0. The first-order valence-corrected chi connectivity index (χ1v) is 9.90. The minimum absolute atomic E-state index is 0. The van der Waals surface area contributed by atoms with Crippen molar-refractivity contribution in [3.05, 3.63) is 71.4 Å². The van der Waals surface area contributed by atoms with Crippen molar-refractivity contribution in [3.8, 4) is 0 Å². The lowest BCUT2D eigenvalue weighted by atomic mass is 9.87. The second-order valence-corrected chi connectivity index (χ2v) is 8.70. The Morgan fingerprint density at radius 3 is 2.30 bits per heavy atom. The predicted molar refractivity (Wildman–Crippen MR) is 118 cm³/mol. The van der Waals surface area contributed by atoms with Gasteiger partial charge in [-0.05, 0) is 60.0 Å². The quantitative estimate of drug-likeness (QED) is 0.598. The standard InChI is InChI=1S/C24H30N2.ClH/c1-24(2,3)20-10-8-18(9-11-20)16-26-17-22(19-12-14-25-15-13-19)21-6-4-5-7-23(21)26;/h4-11,17,19,25H,12-16H2,1-3H3;1H. The fraction of sp³-hybridized carbons (Fsp3) is 0.417. The van der Waals surface area contributed by atoms with Gasteiger partial charge in [0.05, 0.1) is 0 Å². The maximum absolute atomic E-state index is 3.49. The van der Waals surface area contributed by atoms with E-state index < -0.39 is 0 Å². The molecule has 1 aromatic heterocycles. The van der Waals surface area contributed by atoms with Gasteiger partial charge < -0.3 is 9.88 Å². The Morgan fingerprint density at radius 1 is 0.963 bits per heavy atom. The van der Waals surface area contributed by atoms with E-state index in [0.29, 0.717) is 5.92 Å². The second-order valence-electron chi connectivity index (χ2n) is 8.70. The minimum atomic E-state index is 0. The van der Waals surface area contributed by atoms with E-state index in [1.165, 1.54) is 40.4 Å². The smallest absolute Gasteiger partial charge is 0.0486 e. The van der Waals surface area contributed by atoms with Gasteiger partial charge in [0.1, 0.15) is 0 Å². The number of nitrogens with one attached hydrogen (secondary N) is 1. The van der Waals surface area contributed by atoms with Crippen molar-refractivity contribution in [3.63, 3.8) is 0 Å². The van der Waals surface area contributed by atoms with Crippen molar-refractivity contribution in [1.29, 1.82) is 0 Å². The Kier molecular flexibility index (Phi) is 5.98. The molecule has 1 aliphatic heterocycles. The Morgan fingerprint density at radius 2 is 1.63 bits per heavy atom. The van der Waals surface area contributed by atoms with Gasteiger partial charge in [0.15, 0.2) is 0 Å². The molecule has 2 heterocycles. The van der Waals surface area contributed by atoms with Crippen LogP contribution in [0.5, 0.6) is 0 Å². The fourth-order valence-electron chi connectivity index (χ4n) is 4.17. The van der Waals surface area contributed by atoms with Gasteiger partial charge in [0.2, 0.25) is 0 Å². The molecule has 0 bridgehead atoms.